The molecule has 0 aliphatic heterocycles. The van der Waals surface area contributed by atoms with E-state index in [-0.39, 0.29) is 11.2 Å². The summed E-state index contributed by atoms with van der Waals surface area (Å²) in [5.74, 6) is 0.477. The molecule has 6 heteroatoms. The molecule has 136 valence electrons. The highest BCUT2D eigenvalue weighted by atomic mass is 19.1. The molecule has 0 unspecified atom stereocenters. The Hall–Kier alpha value is -3.28. The van der Waals surface area contributed by atoms with Crippen LogP contribution in [0.15, 0.2) is 60.8 Å². The molecule has 0 aliphatic carbocycles. The maximum atomic E-state index is 13.1. The Morgan fingerprint density at radius 3 is 2.56 bits per heavy atom. The van der Waals surface area contributed by atoms with E-state index in [2.05, 4.69) is 39.6 Å². The van der Waals surface area contributed by atoms with Crippen molar-refractivity contribution in [1.29, 1.82) is 0 Å². The van der Waals surface area contributed by atoms with Crippen molar-refractivity contribution < 1.29 is 4.39 Å². The van der Waals surface area contributed by atoms with E-state index in [1.807, 2.05) is 42.5 Å². The molecule has 2 heterocycles. The zero-order chi connectivity index (χ0) is 18.9. The van der Waals surface area contributed by atoms with E-state index in [9.17, 15) is 4.39 Å². The lowest BCUT2D eigenvalue weighted by atomic mass is 9.84. The maximum absolute atomic E-state index is 13.1. The van der Waals surface area contributed by atoms with Crippen molar-refractivity contribution in [3.8, 4) is 11.3 Å². The molecule has 0 fully saturated rings. The first kappa shape index (κ1) is 17.1. The average Bonchev–Trinajstić information content (AvgIpc) is 3.16. The molecular formula is C21H20FN5. The van der Waals surface area contributed by atoms with Crippen LogP contribution in [0, 0.1) is 5.82 Å². The van der Waals surface area contributed by atoms with E-state index in [1.165, 1.54) is 12.1 Å². The van der Waals surface area contributed by atoms with E-state index < -0.39 is 0 Å². The minimum Gasteiger partial charge on any atom is -0.368 e. The molecule has 0 radical (unpaired) electrons. The monoisotopic (exact) mass is 361 g/mol. The first-order chi connectivity index (χ1) is 13.0. The lowest BCUT2D eigenvalue weighted by molar-refractivity contribution is 0.552. The van der Waals surface area contributed by atoms with Crippen LogP contribution in [0.4, 0.5) is 10.2 Å². The van der Waals surface area contributed by atoms with Gasteiger partial charge in [-0.15, -0.1) is 10.2 Å². The van der Waals surface area contributed by atoms with Crippen LogP contribution < -0.4 is 5.32 Å². The molecule has 2 N–H and O–H groups in total. The molecule has 2 aromatic carbocycles. The molecule has 0 saturated heterocycles. The highest BCUT2D eigenvalue weighted by molar-refractivity contribution is 5.93. The van der Waals surface area contributed by atoms with Crippen LogP contribution in [0.2, 0.25) is 0 Å². The highest BCUT2D eigenvalue weighted by Crippen LogP contribution is 2.27. The zero-order valence-electron chi connectivity index (χ0n) is 15.2. The number of hydrogen-bond acceptors (Lipinski definition) is 4. The summed E-state index contributed by atoms with van der Waals surface area (Å²) in [6.07, 6.45) is 1.80. The van der Waals surface area contributed by atoms with Crippen LogP contribution in [-0.4, -0.2) is 26.9 Å². The maximum Gasteiger partial charge on any atom is 0.148 e. The van der Waals surface area contributed by atoms with Crippen LogP contribution in [0.1, 0.15) is 19.4 Å². The molecule has 0 aliphatic rings. The predicted octanol–water partition coefficient (Wildman–Crippen LogP) is 4.55. The standard InChI is InChI=1S/C21H20FN5/c1-21(2,14-6-8-15(22)9-7-14)13-23-20-11-10-19(26-27-20)16-4-3-5-18-17(16)12-24-25-18/h3-12H,13H2,1-2H3,(H,23,27)(H,24,25). The van der Waals surface area contributed by atoms with Crippen molar-refractivity contribution in [3.63, 3.8) is 0 Å². The molecule has 0 atom stereocenters. The van der Waals surface area contributed by atoms with Gasteiger partial charge in [0.25, 0.3) is 0 Å². The first-order valence-electron chi connectivity index (χ1n) is 8.79. The number of nitrogens with one attached hydrogen (secondary N) is 2. The Bertz CT molecular complexity index is 1050. The Morgan fingerprint density at radius 2 is 1.81 bits per heavy atom. The average molecular weight is 361 g/mol. The van der Waals surface area contributed by atoms with Gasteiger partial charge in [-0.3, -0.25) is 5.10 Å². The molecule has 0 amide bonds. The van der Waals surface area contributed by atoms with Gasteiger partial charge in [0, 0.05) is 22.9 Å². The number of nitrogens with zero attached hydrogens (tertiary/aromatic N) is 3. The Labute approximate surface area is 156 Å². The Kier molecular flexibility index (Phi) is 4.32. The number of halogens is 1. The van der Waals surface area contributed by atoms with Crippen LogP contribution in [0.5, 0.6) is 0 Å². The third-order valence-corrected chi connectivity index (χ3v) is 4.76. The van der Waals surface area contributed by atoms with Crippen LogP contribution in [-0.2, 0) is 5.41 Å². The number of aromatic amines is 1. The van der Waals surface area contributed by atoms with E-state index >= 15 is 0 Å². The number of anilines is 1. The van der Waals surface area contributed by atoms with Gasteiger partial charge in [0.15, 0.2) is 0 Å². The van der Waals surface area contributed by atoms with Gasteiger partial charge >= 0.3 is 0 Å². The summed E-state index contributed by atoms with van der Waals surface area (Å²) in [5.41, 5.74) is 3.65. The fourth-order valence-electron chi connectivity index (χ4n) is 3.08. The van der Waals surface area contributed by atoms with E-state index in [4.69, 9.17) is 0 Å². The number of hydrogen-bond donors (Lipinski definition) is 2. The number of fused-ring (bicyclic) bond motifs is 1. The minimum absolute atomic E-state index is 0.170. The van der Waals surface area contributed by atoms with Gasteiger partial charge in [0.05, 0.1) is 17.4 Å². The third-order valence-electron chi connectivity index (χ3n) is 4.76. The summed E-state index contributed by atoms with van der Waals surface area (Å²) >= 11 is 0. The fourth-order valence-corrected chi connectivity index (χ4v) is 3.08. The fraction of sp³-hybridized carbons (Fsp3) is 0.190. The number of aromatic nitrogens is 4. The number of rotatable bonds is 5. The van der Waals surface area contributed by atoms with Crippen molar-refractivity contribution in [1.82, 2.24) is 20.4 Å². The van der Waals surface area contributed by atoms with Crippen molar-refractivity contribution in [3.05, 3.63) is 72.2 Å². The normalized spacial score (nSPS) is 11.7. The van der Waals surface area contributed by atoms with E-state index in [1.54, 1.807) is 6.20 Å². The molecule has 4 rings (SSSR count). The summed E-state index contributed by atoms with van der Waals surface area (Å²) in [5, 5.41) is 20.1. The van der Waals surface area contributed by atoms with Crippen molar-refractivity contribution in [2.45, 2.75) is 19.3 Å². The third kappa shape index (κ3) is 3.51. The van der Waals surface area contributed by atoms with E-state index in [0.29, 0.717) is 12.4 Å². The van der Waals surface area contributed by atoms with Gasteiger partial charge in [-0.1, -0.05) is 38.1 Å². The van der Waals surface area contributed by atoms with Gasteiger partial charge in [0.1, 0.15) is 11.6 Å². The second-order valence-corrected chi connectivity index (χ2v) is 7.18. The molecule has 2 aromatic heterocycles. The molecule has 4 aromatic rings. The Balaban J connectivity index is 1.50. The summed E-state index contributed by atoms with van der Waals surface area (Å²) < 4.78 is 13.1. The minimum atomic E-state index is -0.225. The molecule has 0 spiro atoms. The molecule has 27 heavy (non-hydrogen) atoms. The second-order valence-electron chi connectivity index (χ2n) is 7.18. The SMILES string of the molecule is CC(C)(CNc1ccc(-c2cccc3[nH]ncc23)nn1)c1ccc(F)cc1. The van der Waals surface area contributed by atoms with Gasteiger partial charge in [-0.25, -0.2) is 4.39 Å². The number of H-pyrrole nitrogens is 1. The molecule has 0 saturated carbocycles. The summed E-state index contributed by atoms with van der Waals surface area (Å²) in [4.78, 5) is 0. The molecular weight excluding hydrogens is 341 g/mol. The van der Waals surface area contributed by atoms with Gasteiger partial charge in [0.2, 0.25) is 0 Å². The summed E-state index contributed by atoms with van der Waals surface area (Å²) in [6.45, 7) is 4.87. The molecule has 0 bridgehead atoms. The topological polar surface area (TPSA) is 66.5 Å². The lowest BCUT2D eigenvalue weighted by Crippen LogP contribution is -2.28. The summed E-state index contributed by atoms with van der Waals surface area (Å²) in [7, 11) is 0. The number of benzene rings is 2. The van der Waals surface area contributed by atoms with Gasteiger partial charge in [-0.2, -0.15) is 5.10 Å². The predicted molar refractivity (Wildman–Crippen MR) is 105 cm³/mol. The van der Waals surface area contributed by atoms with Crippen LogP contribution in [0.25, 0.3) is 22.2 Å². The second kappa shape index (κ2) is 6.79. The quantitative estimate of drug-likeness (QED) is 0.547. The smallest absolute Gasteiger partial charge is 0.148 e. The Morgan fingerprint density at radius 1 is 1.00 bits per heavy atom. The lowest BCUT2D eigenvalue weighted by Gasteiger charge is -2.25. The zero-order valence-corrected chi connectivity index (χ0v) is 15.2. The highest BCUT2D eigenvalue weighted by Gasteiger charge is 2.20. The van der Waals surface area contributed by atoms with E-state index in [0.717, 1.165) is 27.7 Å². The van der Waals surface area contributed by atoms with Crippen LogP contribution >= 0.6 is 0 Å². The molecule has 5 nitrogen and oxygen atoms in total. The van der Waals surface area contributed by atoms with Gasteiger partial charge in [-0.05, 0) is 35.9 Å². The van der Waals surface area contributed by atoms with Crippen molar-refractivity contribution in [2.24, 2.45) is 0 Å². The first-order valence-corrected chi connectivity index (χ1v) is 8.79. The van der Waals surface area contributed by atoms with Crippen molar-refractivity contribution in [2.75, 3.05) is 11.9 Å². The van der Waals surface area contributed by atoms with Crippen LogP contribution in [0.3, 0.4) is 0 Å². The summed E-state index contributed by atoms with van der Waals surface area (Å²) in [6, 6.07) is 16.4. The largest absolute Gasteiger partial charge is 0.368 e. The van der Waals surface area contributed by atoms with Gasteiger partial charge < -0.3 is 5.32 Å². The van der Waals surface area contributed by atoms with Crippen molar-refractivity contribution >= 4 is 16.7 Å².